The maximum Gasteiger partial charge on any atom is 0.403 e. The number of methoxy groups -OCH3 is 1. The summed E-state index contributed by atoms with van der Waals surface area (Å²) in [5.41, 5.74) is 0.284. The normalized spacial score (nSPS) is 12.9. The van der Waals surface area contributed by atoms with Gasteiger partial charge < -0.3 is 15.2 Å². The topological polar surface area (TPSA) is 71.5 Å². The fourth-order valence-corrected chi connectivity index (χ4v) is 1.17. The molecule has 1 rings (SSSR count). The molecule has 100 valence electrons. The summed E-state index contributed by atoms with van der Waals surface area (Å²) in [4.78, 5) is 14.2. The van der Waals surface area contributed by atoms with Crippen molar-refractivity contribution in [1.82, 2.24) is 4.98 Å². The van der Waals surface area contributed by atoms with Crippen LogP contribution < -0.4 is 10.1 Å². The number of hydrogen-bond donors (Lipinski definition) is 2. The first-order chi connectivity index (χ1) is 8.34. The van der Waals surface area contributed by atoms with E-state index in [1.165, 1.54) is 25.4 Å². The molecule has 1 aromatic rings. The number of alkyl halides is 3. The molecule has 5 nitrogen and oxygen atoms in total. The van der Waals surface area contributed by atoms with E-state index in [-0.39, 0.29) is 5.69 Å². The number of aromatic nitrogens is 1. The number of anilines is 1. The van der Waals surface area contributed by atoms with Gasteiger partial charge in [-0.2, -0.15) is 13.2 Å². The molecule has 8 heteroatoms. The molecule has 0 bridgehead atoms. The van der Waals surface area contributed by atoms with Crippen LogP contribution in [-0.4, -0.2) is 35.9 Å². The van der Waals surface area contributed by atoms with Crippen molar-refractivity contribution < 1.29 is 27.8 Å². The fraction of sp³-hybridized carbons (Fsp3) is 0.400. The van der Waals surface area contributed by atoms with E-state index in [0.29, 0.717) is 5.88 Å². The lowest BCUT2D eigenvalue weighted by atomic mass is 10.1. The van der Waals surface area contributed by atoms with Crippen molar-refractivity contribution in [2.75, 3.05) is 19.0 Å². The van der Waals surface area contributed by atoms with E-state index in [4.69, 9.17) is 9.84 Å². The number of rotatable bonds is 5. The summed E-state index contributed by atoms with van der Waals surface area (Å²) in [5.74, 6) is -4.07. The van der Waals surface area contributed by atoms with Crippen molar-refractivity contribution in [2.45, 2.75) is 6.18 Å². The first kappa shape index (κ1) is 14.1. The van der Waals surface area contributed by atoms with Crippen LogP contribution in [0.3, 0.4) is 0 Å². The highest BCUT2D eigenvalue weighted by Crippen LogP contribution is 2.26. The van der Waals surface area contributed by atoms with Gasteiger partial charge in [0.2, 0.25) is 5.88 Å². The molecule has 2 N–H and O–H groups in total. The molecule has 0 saturated heterocycles. The maximum atomic E-state index is 12.3. The zero-order valence-corrected chi connectivity index (χ0v) is 9.36. The van der Waals surface area contributed by atoms with Crippen LogP contribution in [0.15, 0.2) is 18.3 Å². The molecule has 0 aliphatic rings. The zero-order chi connectivity index (χ0) is 13.8. The number of nitrogens with zero attached hydrogens (tertiary/aromatic N) is 1. The summed E-state index contributed by atoms with van der Waals surface area (Å²) >= 11 is 0. The number of pyridine rings is 1. The van der Waals surface area contributed by atoms with Gasteiger partial charge in [0.25, 0.3) is 0 Å². The van der Waals surface area contributed by atoms with E-state index in [9.17, 15) is 18.0 Å². The molecule has 1 aromatic heterocycles. The Labute approximate surface area is 101 Å². The second-order valence-corrected chi connectivity index (χ2v) is 3.40. The summed E-state index contributed by atoms with van der Waals surface area (Å²) in [6, 6.07) is 2.90. The molecule has 0 aromatic carbocycles. The average molecular weight is 264 g/mol. The minimum atomic E-state index is -4.79. The van der Waals surface area contributed by atoms with Crippen LogP contribution in [0.25, 0.3) is 0 Å². The Morgan fingerprint density at radius 2 is 2.22 bits per heavy atom. The summed E-state index contributed by atoms with van der Waals surface area (Å²) in [7, 11) is 1.40. The van der Waals surface area contributed by atoms with Crippen molar-refractivity contribution in [2.24, 2.45) is 5.92 Å². The Morgan fingerprint density at radius 1 is 1.56 bits per heavy atom. The van der Waals surface area contributed by atoms with E-state index in [1.54, 1.807) is 0 Å². The Balaban J connectivity index is 2.64. The summed E-state index contributed by atoms with van der Waals surface area (Å²) < 4.78 is 41.8. The molecule has 1 atom stereocenters. The number of ether oxygens (including phenoxy) is 1. The largest absolute Gasteiger partial charge is 0.481 e. The van der Waals surface area contributed by atoms with Crippen molar-refractivity contribution >= 4 is 11.7 Å². The third kappa shape index (κ3) is 3.79. The number of aliphatic carboxylic acids is 1. The lowest BCUT2D eigenvalue weighted by Gasteiger charge is -2.17. The quantitative estimate of drug-likeness (QED) is 0.848. The average Bonchev–Trinajstić information content (AvgIpc) is 2.28. The lowest BCUT2D eigenvalue weighted by molar-refractivity contribution is -0.190. The van der Waals surface area contributed by atoms with Crippen LogP contribution in [0.2, 0.25) is 0 Å². The van der Waals surface area contributed by atoms with Crippen molar-refractivity contribution in [1.29, 1.82) is 0 Å². The second kappa shape index (κ2) is 5.56. The Hall–Kier alpha value is -1.99. The minimum Gasteiger partial charge on any atom is -0.481 e. The fourth-order valence-electron chi connectivity index (χ4n) is 1.17. The Kier molecular flexibility index (Phi) is 4.35. The van der Waals surface area contributed by atoms with Crippen LogP contribution in [0.1, 0.15) is 0 Å². The van der Waals surface area contributed by atoms with Gasteiger partial charge in [-0.15, -0.1) is 0 Å². The van der Waals surface area contributed by atoms with Gasteiger partial charge in [-0.1, -0.05) is 0 Å². The van der Waals surface area contributed by atoms with Gasteiger partial charge in [0.15, 0.2) is 5.92 Å². The molecular formula is C10H11F3N2O3. The van der Waals surface area contributed by atoms with Gasteiger partial charge in [-0.05, 0) is 6.07 Å². The first-order valence-electron chi connectivity index (χ1n) is 4.88. The molecule has 0 spiro atoms. The Morgan fingerprint density at radius 3 is 2.61 bits per heavy atom. The molecule has 1 unspecified atom stereocenters. The van der Waals surface area contributed by atoms with Crippen molar-refractivity contribution in [3.63, 3.8) is 0 Å². The van der Waals surface area contributed by atoms with Gasteiger partial charge in [0.1, 0.15) is 0 Å². The van der Waals surface area contributed by atoms with E-state index in [0.717, 1.165) is 0 Å². The standard InChI is InChI=1S/C10H11F3N2O3/c1-18-8-3-2-6(4-15-8)14-5-7(9(16)17)10(11,12)13/h2-4,7,14H,5H2,1H3,(H,16,17). The van der Waals surface area contributed by atoms with Crippen LogP contribution in [0.4, 0.5) is 18.9 Å². The molecule has 0 fully saturated rings. The van der Waals surface area contributed by atoms with E-state index in [2.05, 4.69) is 10.3 Å². The molecule has 18 heavy (non-hydrogen) atoms. The molecule has 0 saturated carbocycles. The predicted molar refractivity (Wildman–Crippen MR) is 56.5 cm³/mol. The smallest absolute Gasteiger partial charge is 0.403 e. The molecule has 0 amide bonds. The van der Waals surface area contributed by atoms with Crippen molar-refractivity contribution in [3.05, 3.63) is 18.3 Å². The monoisotopic (exact) mass is 264 g/mol. The highest BCUT2D eigenvalue weighted by molar-refractivity contribution is 5.71. The molecule has 1 heterocycles. The first-order valence-corrected chi connectivity index (χ1v) is 4.88. The van der Waals surface area contributed by atoms with Gasteiger partial charge in [0.05, 0.1) is 19.0 Å². The predicted octanol–water partition coefficient (Wildman–Crippen LogP) is 1.77. The molecule has 0 radical (unpaired) electrons. The van der Waals surface area contributed by atoms with Gasteiger partial charge in [-0.25, -0.2) is 4.98 Å². The second-order valence-electron chi connectivity index (χ2n) is 3.40. The van der Waals surface area contributed by atoms with Gasteiger partial charge >= 0.3 is 12.1 Å². The molecular weight excluding hydrogens is 253 g/mol. The minimum absolute atomic E-state index is 0.284. The Bertz CT molecular complexity index is 406. The number of carbonyl (C=O) groups is 1. The number of hydrogen-bond acceptors (Lipinski definition) is 4. The van der Waals surface area contributed by atoms with Gasteiger partial charge in [0, 0.05) is 12.6 Å². The van der Waals surface area contributed by atoms with Crippen LogP contribution >= 0.6 is 0 Å². The lowest BCUT2D eigenvalue weighted by Crippen LogP contribution is -2.36. The molecule has 0 aliphatic carbocycles. The summed E-state index contributed by atoms with van der Waals surface area (Å²) in [6.07, 6.45) is -3.53. The zero-order valence-electron chi connectivity index (χ0n) is 9.36. The van der Waals surface area contributed by atoms with Crippen LogP contribution in [0, 0.1) is 5.92 Å². The summed E-state index contributed by atoms with van der Waals surface area (Å²) in [6.45, 7) is -0.757. The number of carboxylic acid groups (broad SMARTS) is 1. The van der Waals surface area contributed by atoms with E-state index < -0.39 is 24.6 Å². The number of carboxylic acids is 1. The van der Waals surface area contributed by atoms with Gasteiger partial charge in [-0.3, -0.25) is 4.79 Å². The highest BCUT2D eigenvalue weighted by Gasteiger charge is 2.44. The van der Waals surface area contributed by atoms with Crippen LogP contribution in [-0.2, 0) is 4.79 Å². The number of halogens is 3. The van der Waals surface area contributed by atoms with Crippen molar-refractivity contribution in [3.8, 4) is 5.88 Å². The van der Waals surface area contributed by atoms with Crippen LogP contribution in [0.5, 0.6) is 5.88 Å². The van der Waals surface area contributed by atoms with E-state index in [1.807, 2.05) is 0 Å². The number of nitrogens with one attached hydrogen (secondary N) is 1. The maximum absolute atomic E-state index is 12.3. The van der Waals surface area contributed by atoms with E-state index >= 15 is 0 Å². The summed E-state index contributed by atoms with van der Waals surface area (Å²) in [5, 5.41) is 10.8. The SMILES string of the molecule is COc1ccc(NCC(C(=O)O)C(F)(F)F)cn1. The highest BCUT2D eigenvalue weighted by atomic mass is 19.4. The third-order valence-corrected chi connectivity index (χ3v) is 2.15. The molecule has 0 aliphatic heterocycles. The third-order valence-electron chi connectivity index (χ3n) is 2.15.